The summed E-state index contributed by atoms with van der Waals surface area (Å²) in [5, 5.41) is 0. The van der Waals surface area contributed by atoms with Crippen LogP contribution in [0.5, 0.6) is 0 Å². The van der Waals surface area contributed by atoms with Crippen molar-refractivity contribution in [3.63, 3.8) is 0 Å². The molecule has 0 spiro atoms. The Bertz CT molecular complexity index is 671. The molecule has 0 heterocycles. The molecule has 2 unspecified atom stereocenters. The summed E-state index contributed by atoms with van der Waals surface area (Å²) in [7, 11) is 0. The van der Waals surface area contributed by atoms with Crippen LogP contribution in [0.3, 0.4) is 0 Å². The van der Waals surface area contributed by atoms with E-state index in [1.54, 1.807) is 0 Å². The van der Waals surface area contributed by atoms with E-state index >= 15 is 0 Å². The van der Waals surface area contributed by atoms with Crippen molar-refractivity contribution in [1.82, 2.24) is 0 Å². The molecule has 0 saturated carbocycles. The van der Waals surface area contributed by atoms with Crippen molar-refractivity contribution in [3.05, 3.63) is 103 Å². The molecule has 0 nitrogen and oxygen atoms in total. The van der Waals surface area contributed by atoms with Gasteiger partial charge < -0.3 is 19.3 Å². The second-order valence-corrected chi connectivity index (χ2v) is 5.69. The number of fused-ring (bicyclic) bond motifs is 2. The third-order valence-electron chi connectivity index (χ3n) is 4.60. The van der Waals surface area contributed by atoms with E-state index in [-0.39, 0.29) is 38.6 Å². The fourth-order valence-electron chi connectivity index (χ4n) is 3.52. The van der Waals surface area contributed by atoms with Gasteiger partial charge in [0.1, 0.15) is 0 Å². The third-order valence-corrected chi connectivity index (χ3v) is 4.60. The van der Waals surface area contributed by atoms with Gasteiger partial charge in [-0.2, -0.15) is 0 Å². The standard InChI is InChI=1S/C20H17.C2H4.ClH.Zr/c1-14(17-12-10-15-6-2-4-8-19(15)17)18-13-11-16-7-3-5-9-20(16)18;1-2;;/h2-14,17-18H,1H2;1-2H2;1H;/q-1;;;+2/p-1. The summed E-state index contributed by atoms with van der Waals surface area (Å²) in [5.41, 5.74) is 5.54. The summed E-state index contributed by atoms with van der Waals surface area (Å²) in [4.78, 5) is 0. The molecule has 0 N–H and O–H groups in total. The number of benzene rings is 2. The van der Waals surface area contributed by atoms with Gasteiger partial charge in [0.2, 0.25) is 0 Å². The number of hydrogen-bond donors (Lipinski definition) is 0. The van der Waals surface area contributed by atoms with Gasteiger partial charge in [-0.25, -0.2) is 0 Å². The summed E-state index contributed by atoms with van der Waals surface area (Å²) in [6, 6.07) is 17.3. The molecule has 2 aromatic rings. The molecule has 0 fully saturated rings. The molecule has 120 valence electrons. The fraction of sp³-hybridized carbons (Fsp3) is 0.136. The van der Waals surface area contributed by atoms with E-state index in [2.05, 4.69) is 92.9 Å². The zero-order valence-corrected chi connectivity index (χ0v) is 16.9. The molecule has 2 aromatic carbocycles. The van der Waals surface area contributed by atoms with Gasteiger partial charge in [-0.1, -0.05) is 72.8 Å². The Balaban J connectivity index is 0.000000695. The van der Waals surface area contributed by atoms with Crippen LogP contribution in [0.2, 0.25) is 0 Å². The minimum atomic E-state index is 0. The van der Waals surface area contributed by atoms with Gasteiger partial charge in [-0.05, 0) is 34.1 Å². The van der Waals surface area contributed by atoms with Crippen LogP contribution in [0.4, 0.5) is 0 Å². The van der Waals surface area contributed by atoms with E-state index in [1.165, 1.54) is 22.3 Å². The van der Waals surface area contributed by atoms with Crippen molar-refractivity contribution >= 4 is 12.2 Å². The van der Waals surface area contributed by atoms with E-state index in [0.29, 0.717) is 17.8 Å². The predicted octanol–water partition coefficient (Wildman–Crippen LogP) is 2.86. The van der Waals surface area contributed by atoms with E-state index in [9.17, 15) is 0 Å². The maximum absolute atomic E-state index is 4.50. The number of allylic oxidation sites excluding steroid dienone is 2. The van der Waals surface area contributed by atoms with Crippen LogP contribution < -0.4 is 12.4 Å². The van der Waals surface area contributed by atoms with Gasteiger partial charge in [0.05, 0.1) is 0 Å². The minimum absolute atomic E-state index is 0. The van der Waals surface area contributed by atoms with Crippen molar-refractivity contribution in [2.75, 3.05) is 0 Å². The van der Waals surface area contributed by atoms with E-state index in [1.807, 2.05) is 0 Å². The Hall–Kier alpha value is -1.17. The molecule has 0 aliphatic heterocycles. The van der Waals surface area contributed by atoms with Crippen LogP contribution >= 0.6 is 0 Å². The van der Waals surface area contributed by atoms with Crippen molar-refractivity contribution in [3.8, 4) is 0 Å². The topological polar surface area (TPSA) is 0 Å². The second-order valence-electron chi connectivity index (χ2n) is 5.69. The van der Waals surface area contributed by atoms with E-state index in [0.717, 1.165) is 0 Å². The predicted molar refractivity (Wildman–Crippen MR) is 96.5 cm³/mol. The Labute approximate surface area is 170 Å². The van der Waals surface area contributed by atoms with E-state index < -0.39 is 0 Å². The van der Waals surface area contributed by atoms with Crippen molar-refractivity contribution in [1.29, 1.82) is 0 Å². The van der Waals surface area contributed by atoms with Crippen molar-refractivity contribution < 1.29 is 38.6 Å². The smallest absolute Gasteiger partial charge is 1.00 e. The molecule has 2 atom stereocenters. The third kappa shape index (κ3) is 3.74. The zero-order chi connectivity index (χ0) is 15.5. The van der Waals surface area contributed by atoms with Gasteiger partial charge in [0.25, 0.3) is 0 Å². The normalized spacial score (nSPS) is 19.9. The molecular formula is C22H21ClZr. The maximum atomic E-state index is 4.50. The van der Waals surface area contributed by atoms with Crippen LogP contribution in [0.25, 0.3) is 12.2 Å². The van der Waals surface area contributed by atoms with Crippen molar-refractivity contribution in [2.45, 2.75) is 11.8 Å². The van der Waals surface area contributed by atoms with E-state index in [4.69, 9.17) is 0 Å². The first kappa shape index (κ1) is 20.9. The van der Waals surface area contributed by atoms with Crippen LogP contribution in [-0.4, -0.2) is 0 Å². The Morgan fingerprint density at radius 2 is 1.12 bits per heavy atom. The molecule has 2 heteroatoms. The first-order valence-electron chi connectivity index (χ1n) is 7.72. The summed E-state index contributed by atoms with van der Waals surface area (Å²) in [5.74, 6) is 1.19. The van der Waals surface area contributed by atoms with Gasteiger partial charge in [-0.3, -0.25) is 0 Å². The Morgan fingerprint density at radius 3 is 1.54 bits per heavy atom. The van der Waals surface area contributed by atoms with Crippen molar-refractivity contribution in [2.24, 2.45) is 5.92 Å². The SMILES string of the molecule is C=C.[CH2-]C(C1C=Cc2ccccc21)C1C=Cc2ccccc21.[Cl-].[Zr+2]. The number of rotatable bonds is 2. The van der Waals surface area contributed by atoms with Crippen LogP contribution in [-0.2, 0) is 26.2 Å². The summed E-state index contributed by atoms with van der Waals surface area (Å²) in [6.45, 7) is 10.5. The Morgan fingerprint density at radius 1 is 0.750 bits per heavy atom. The Kier molecular flexibility index (Phi) is 8.13. The molecular weight excluding hydrogens is 391 g/mol. The van der Waals surface area contributed by atoms with Crippen LogP contribution in [0.1, 0.15) is 34.1 Å². The number of halogens is 1. The first-order valence-corrected chi connectivity index (χ1v) is 7.72. The fourth-order valence-corrected chi connectivity index (χ4v) is 3.52. The average Bonchev–Trinajstić information content (AvgIpc) is 3.20. The van der Waals surface area contributed by atoms with Gasteiger partial charge in [0.15, 0.2) is 0 Å². The molecule has 4 rings (SSSR count). The van der Waals surface area contributed by atoms with Gasteiger partial charge in [-0.15, -0.1) is 19.1 Å². The van der Waals surface area contributed by atoms with Gasteiger partial charge in [0, 0.05) is 0 Å². The van der Waals surface area contributed by atoms with Gasteiger partial charge >= 0.3 is 26.2 Å². The molecule has 24 heavy (non-hydrogen) atoms. The second kappa shape index (κ2) is 9.35. The monoisotopic (exact) mass is 410 g/mol. The van der Waals surface area contributed by atoms with Crippen LogP contribution in [0.15, 0.2) is 73.8 Å². The molecule has 0 aromatic heterocycles. The maximum Gasteiger partial charge on any atom is 2.00 e. The molecule has 0 saturated heterocycles. The summed E-state index contributed by atoms with van der Waals surface area (Å²) in [6.07, 6.45) is 9.11. The number of hydrogen-bond acceptors (Lipinski definition) is 0. The average molecular weight is 412 g/mol. The largest absolute Gasteiger partial charge is 2.00 e. The molecule has 0 radical (unpaired) electrons. The summed E-state index contributed by atoms with van der Waals surface area (Å²) >= 11 is 0. The quantitative estimate of drug-likeness (QED) is 0.526. The minimum Gasteiger partial charge on any atom is -1.00 e. The summed E-state index contributed by atoms with van der Waals surface area (Å²) < 4.78 is 0. The van der Waals surface area contributed by atoms with Crippen LogP contribution in [0, 0.1) is 12.8 Å². The zero-order valence-electron chi connectivity index (χ0n) is 13.7. The first-order chi connectivity index (χ1) is 10.8. The molecule has 0 amide bonds. The molecule has 0 bridgehead atoms. The molecule has 2 aliphatic carbocycles. The molecule has 2 aliphatic rings.